The number of methoxy groups -OCH3 is 1. The molecule has 1 unspecified atom stereocenters. The van der Waals surface area contributed by atoms with E-state index in [1.807, 2.05) is 0 Å². The normalized spacial score (nSPS) is 12.3. The van der Waals surface area contributed by atoms with E-state index < -0.39 is 0 Å². The van der Waals surface area contributed by atoms with Crippen LogP contribution in [0.15, 0.2) is 0 Å². The maximum Gasteiger partial charge on any atom is 0.310 e. The third-order valence-electron chi connectivity index (χ3n) is 2.49. The molecule has 5 heteroatoms. The molecule has 18 heavy (non-hydrogen) atoms. The molecule has 0 spiro atoms. The standard InChI is InChI=1S/C13H25NO4/c1-10(2)9-18-7-6-12(15)14(4)8-11(3)13(16)17-5/h10-11H,6-9H2,1-5H3. The van der Waals surface area contributed by atoms with Crippen molar-refractivity contribution in [1.29, 1.82) is 0 Å². The van der Waals surface area contributed by atoms with Crippen LogP contribution in [0, 0.1) is 11.8 Å². The van der Waals surface area contributed by atoms with Crippen molar-refractivity contribution in [2.75, 3.05) is 33.9 Å². The van der Waals surface area contributed by atoms with Crippen molar-refractivity contribution < 1.29 is 19.1 Å². The maximum atomic E-state index is 11.7. The Hall–Kier alpha value is -1.10. The van der Waals surface area contributed by atoms with E-state index >= 15 is 0 Å². The second kappa shape index (κ2) is 8.91. The molecule has 0 aliphatic carbocycles. The van der Waals surface area contributed by atoms with Gasteiger partial charge in [0.2, 0.25) is 5.91 Å². The quantitative estimate of drug-likeness (QED) is 0.487. The van der Waals surface area contributed by atoms with E-state index in [0.717, 1.165) is 0 Å². The van der Waals surface area contributed by atoms with Crippen LogP contribution in [0.5, 0.6) is 0 Å². The van der Waals surface area contributed by atoms with E-state index in [4.69, 9.17) is 4.74 Å². The second-order valence-electron chi connectivity index (χ2n) is 4.92. The summed E-state index contributed by atoms with van der Waals surface area (Å²) < 4.78 is 9.97. The highest BCUT2D eigenvalue weighted by molar-refractivity contribution is 5.77. The number of amides is 1. The fraction of sp³-hybridized carbons (Fsp3) is 0.846. The van der Waals surface area contributed by atoms with Crippen LogP contribution in [-0.2, 0) is 19.1 Å². The fourth-order valence-electron chi connectivity index (χ4n) is 1.46. The molecular formula is C13H25NO4. The molecule has 0 aliphatic rings. The molecule has 0 aliphatic heterocycles. The lowest BCUT2D eigenvalue weighted by Gasteiger charge is -2.20. The number of rotatable bonds is 8. The smallest absolute Gasteiger partial charge is 0.310 e. The third kappa shape index (κ3) is 7.27. The summed E-state index contributed by atoms with van der Waals surface area (Å²) in [5, 5.41) is 0. The number of carbonyl (C=O) groups is 2. The van der Waals surface area contributed by atoms with Gasteiger partial charge in [-0.05, 0) is 5.92 Å². The molecule has 0 aromatic carbocycles. The molecule has 0 rings (SSSR count). The summed E-state index contributed by atoms with van der Waals surface area (Å²) in [6.45, 7) is 7.32. The molecule has 0 heterocycles. The van der Waals surface area contributed by atoms with Gasteiger partial charge in [0, 0.05) is 20.2 Å². The van der Waals surface area contributed by atoms with Crippen LogP contribution in [0.2, 0.25) is 0 Å². The summed E-state index contributed by atoms with van der Waals surface area (Å²) in [5.74, 6) is -0.155. The van der Waals surface area contributed by atoms with E-state index in [1.54, 1.807) is 18.9 Å². The molecule has 106 valence electrons. The van der Waals surface area contributed by atoms with E-state index in [0.29, 0.717) is 32.1 Å². The first-order valence-electron chi connectivity index (χ1n) is 6.28. The zero-order valence-electron chi connectivity index (χ0n) is 12.1. The lowest BCUT2D eigenvalue weighted by atomic mass is 10.1. The Bertz CT molecular complexity index is 266. The first-order valence-corrected chi connectivity index (χ1v) is 6.28. The Kier molecular flexibility index (Phi) is 8.37. The van der Waals surface area contributed by atoms with Gasteiger partial charge in [-0.15, -0.1) is 0 Å². The van der Waals surface area contributed by atoms with Gasteiger partial charge in [-0.3, -0.25) is 9.59 Å². The van der Waals surface area contributed by atoms with Crippen LogP contribution >= 0.6 is 0 Å². The molecule has 1 atom stereocenters. The zero-order chi connectivity index (χ0) is 14.1. The number of hydrogen-bond acceptors (Lipinski definition) is 4. The SMILES string of the molecule is COC(=O)C(C)CN(C)C(=O)CCOCC(C)C. The van der Waals surface area contributed by atoms with Crippen molar-refractivity contribution in [3.05, 3.63) is 0 Å². The van der Waals surface area contributed by atoms with Gasteiger partial charge in [0.05, 0.1) is 26.1 Å². The number of nitrogens with zero attached hydrogens (tertiary/aromatic N) is 1. The van der Waals surface area contributed by atoms with Crippen LogP contribution in [0.4, 0.5) is 0 Å². The first kappa shape index (κ1) is 16.9. The Morgan fingerprint density at radius 2 is 1.83 bits per heavy atom. The highest BCUT2D eigenvalue weighted by Crippen LogP contribution is 2.03. The summed E-state index contributed by atoms with van der Waals surface area (Å²) in [5.41, 5.74) is 0. The zero-order valence-corrected chi connectivity index (χ0v) is 12.1. The molecule has 0 fully saturated rings. The molecule has 0 radical (unpaired) electrons. The monoisotopic (exact) mass is 259 g/mol. The van der Waals surface area contributed by atoms with Gasteiger partial charge in [0.15, 0.2) is 0 Å². The summed E-state index contributed by atoms with van der Waals surface area (Å²) in [6, 6.07) is 0. The van der Waals surface area contributed by atoms with Crippen LogP contribution in [0.3, 0.4) is 0 Å². The summed E-state index contributed by atoms with van der Waals surface area (Å²) >= 11 is 0. The highest BCUT2D eigenvalue weighted by Gasteiger charge is 2.18. The van der Waals surface area contributed by atoms with Gasteiger partial charge in [0.25, 0.3) is 0 Å². The second-order valence-corrected chi connectivity index (χ2v) is 4.92. The first-order chi connectivity index (χ1) is 8.38. The number of carbonyl (C=O) groups excluding carboxylic acids is 2. The lowest BCUT2D eigenvalue weighted by molar-refractivity contribution is -0.146. The predicted octanol–water partition coefficient (Wildman–Crippen LogP) is 1.32. The molecule has 0 bridgehead atoms. The van der Waals surface area contributed by atoms with Crippen molar-refractivity contribution in [1.82, 2.24) is 4.90 Å². The number of hydrogen-bond donors (Lipinski definition) is 0. The van der Waals surface area contributed by atoms with Crippen LogP contribution in [0.1, 0.15) is 27.2 Å². The average Bonchev–Trinajstić information content (AvgIpc) is 2.32. The van der Waals surface area contributed by atoms with Gasteiger partial charge in [0.1, 0.15) is 0 Å². The van der Waals surface area contributed by atoms with Crippen molar-refractivity contribution in [3.63, 3.8) is 0 Å². The Morgan fingerprint density at radius 1 is 1.22 bits per heavy atom. The van der Waals surface area contributed by atoms with E-state index in [1.165, 1.54) is 7.11 Å². The van der Waals surface area contributed by atoms with E-state index in [-0.39, 0.29) is 17.8 Å². The molecule has 0 saturated heterocycles. The molecule has 0 aromatic rings. The van der Waals surface area contributed by atoms with E-state index in [9.17, 15) is 9.59 Å². The van der Waals surface area contributed by atoms with Gasteiger partial charge < -0.3 is 14.4 Å². The maximum absolute atomic E-state index is 11.7. The Morgan fingerprint density at radius 3 is 2.33 bits per heavy atom. The van der Waals surface area contributed by atoms with Crippen molar-refractivity contribution in [2.24, 2.45) is 11.8 Å². The van der Waals surface area contributed by atoms with Gasteiger partial charge >= 0.3 is 5.97 Å². The number of ether oxygens (including phenoxy) is 2. The molecular weight excluding hydrogens is 234 g/mol. The van der Waals surface area contributed by atoms with Crippen molar-refractivity contribution in [2.45, 2.75) is 27.2 Å². The minimum atomic E-state index is -0.305. The predicted molar refractivity (Wildman–Crippen MR) is 69.1 cm³/mol. The lowest BCUT2D eigenvalue weighted by Crippen LogP contribution is -2.34. The fourth-order valence-corrected chi connectivity index (χ4v) is 1.46. The van der Waals surface area contributed by atoms with Crippen LogP contribution in [-0.4, -0.2) is 50.7 Å². The minimum absolute atomic E-state index is 0.0190. The molecule has 0 N–H and O–H groups in total. The summed E-state index contributed by atoms with van der Waals surface area (Å²) in [6.07, 6.45) is 0.344. The van der Waals surface area contributed by atoms with E-state index in [2.05, 4.69) is 18.6 Å². The Labute approximate surface area is 109 Å². The van der Waals surface area contributed by atoms with Gasteiger partial charge in [-0.2, -0.15) is 0 Å². The molecule has 0 saturated carbocycles. The highest BCUT2D eigenvalue weighted by atomic mass is 16.5. The average molecular weight is 259 g/mol. The molecule has 1 amide bonds. The largest absolute Gasteiger partial charge is 0.469 e. The molecule has 5 nitrogen and oxygen atoms in total. The van der Waals surface area contributed by atoms with Crippen molar-refractivity contribution in [3.8, 4) is 0 Å². The number of esters is 1. The van der Waals surface area contributed by atoms with Crippen LogP contribution < -0.4 is 0 Å². The summed E-state index contributed by atoms with van der Waals surface area (Å²) in [4.78, 5) is 24.5. The molecule has 0 aromatic heterocycles. The summed E-state index contributed by atoms with van der Waals surface area (Å²) in [7, 11) is 3.03. The van der Waals surface area contributed by atoms with Crippen molar-refractivity contribution >= 4 is 11.9 Å². The topological polar surface area (TPSA) is 55.8 Å². The Balaban J connectivity index is 3.85. The van der Waals surface area contributed by atoms with Gasteiger partial charge in [-0.1, -0.05) is 20.8 Å². The van der Waals surface area contributed by atoms with Crippen LogP contribution in [0.25, 0.3) is 0 Å². The third-order valence-corrected chi connectivity index (χ3v) is 2.49. The van der Waals surface area contributed by atoms with Gasteiger partial charge in [-0.25, -0.2) is 0 Å². The minimum Gasteiger partial charge on any atom is -0.469 e.